The van der Waals surface area contributed by atoms with Crippen molar-refractivity contribution in [3.05, 3.63) is 18.2 Å². The zero-order valence-electron chi connectivity index (χ0n) is 9.56. The first-order valence-electron chi connectivity index (χ1n) is 6.22. The summed E-state index contributed by atoms with van der Waals surface area (Å²) < 4.78 is 7.74. The average molecular weight is 221 g/mol. The fourth-order valence-corrected chi connectivity index (χ4v) is 2.53. The number of hydrogen-bond acceptors (Lipinski definition) is 3. The van der Waals surface area contributed by atoms with Gasteiger partial charge in [-0.2, -0.15) is 0 Å². The van der Waals surface area contributed by atoms with Crippen LogP contribution in [0.1, 0.15) is 24.5 Å². The number of nitrogens with one attached hydrogen (secondary N) is 1. The first kappa shape index (κ1) is 10.3. The molecule has 3 heterocycles. The third kappa shape index (κ3) is 1.99. The molecule has 0 radical (unpaired) electrons. The van der Waals surface area contributed by atoms with Crippen LogP contribution in [0.3, 0.4) is 0 Å². The molecule has 0 amide bonds. The smallest absolute Gasteiger partial charge is 0.0948 e. The summed E-state index contributed by atoms with van der Waals surface area (Å²) >= 11 is 0. The highest BCUT2D eigenvalue weighted by molar-refractivity contribution is 5.11. The summed E-state index contributed by atoms with van der Waals surface area (Å²) in [6.45, 7) is 5.20. The molecule has 1 N–H and O–H groups in total. The molecule has 0 aromatic carbocycles. The van der Waals surface area contributed by atoms with E-state index in [4.69, 9.17) is 4.74 Å². The molecule has 1 aromatic heterocycles. The van der Waals surface area contributed by atoms with Crippen LogP contribution in [0.25, 0.3) is 0 Å². The Kier molecular flexibility index (Phi) is 2.93. The van der Waals surface area contributed by atoms with Gasteiger partial charge in [0.15, 0.2) is 0 Å². The highest BCUT2D eigenvalue weighted by Gasteiger charge is 2.23. The Labute approximate surface area is 96.0 Å². The number of ether oxygens (including phenoxy) is 1. The van der Waals surface area contributed by atoms with Crippen molar-refractivity contribution in [2.75, 3.05) is 26.3 Å². The van der Waals surface area contributed by atoms with Gasteiger partial charge in [0.25, 0.3) is 0 Å². The van der Waals surface area contributed by atoms with Crippen LogP contribution in [0.4, 0.5) is 0 Å². The molecule has 4 heteroatoms. The Morgan fingerprint density at radius 2 is 2.19 bits per heavy atom. The van der Waals surface area contributed by atoms with E-state index >= 15 is 0 Å². The molecular weight excluding hydrogens is 202 g/mol. The maximum Gasteiger partial charge on any atom is 0.0948 e. The number of imidazole rings is 1. The van der Waals surface area contributed by atoms with Crippen LogP contribution < -0.4 is 5.32 Å². The molecule has 0 spiro atoms. The van der Waals surface area contributed by atoms with Crippen molar-refractivity contribution in [1.82, 2.24) is 14.9 Å². The van der Waals surface area contributed by atoms with E-state index in [0.29, 0.717) is 5.92 Å². The zero-order valence-corrected chi connectivity index (χ0v) is 9.56. The summed E-state index contributed by atoms with van der Waals surface area (Å²) in [6.07, 6.45) is 6.41. The van der Waals surface area contributed by atoms with Crippen molar-refractivity contribution in [2.24, 2.45) is 5.92 Å². The lowest BCUT2D eigenvalue weighted by atomic mass is 9.97. The lowest BCUT2D eigenvalue weighted by Crippen LogP contribution is -2.41. The lowest BCUT2D eigenvalue weighted by molar-refractivity contribution is 0.0608. The van der Waals surface area contributed by atoms with Crippen molar-refractivity contribution < 1.29 is 4.74 Å². The highest BCUT2D eigenvalue weighted by atomic mass is 16.5. The Hall–Kier alpha value is -0.870. The molecule has 2 saturated heterocycles. The fraction of sp³-hybridized carbons (Fsp3) is 0.750. The largest absolute Gasteiger partial charge is 0.381 e. The van der Waals surface area contributed by atoms with Crippen LogP contribution in [0, 0.1) is 5.92 Å². The molecule has 0 saturated carbocycles. The molecule has 2 aliphatic heterocycles. The average Bonchev–Trinajstić information content (AvgIpc) is 2.66. The molecule has 4 nitrogen and oxygen atoms in total. The van der Waals surface area contributed by atoms with Crippen LogP contribution in [-0.2, 0) is 11.3 Å². The quantitative estimate of drug-likeness (QED) is 0.827. The van der Waals surface area contributed by atoms with Crippen molar-refractivity contribution >= 4 is 0 Å². The van der Waals surface area contributed by atoms with Gasteiger partial charge in [-0.1, -0.05) is 0 Å². The Bertz CT molecular complexity index is 340. The van der Waals surface area contributed by atoms with Gasteiger partial charge < -0.3 is 14.6 Å². The second-order valence-electron chi connectivity index (χ2n) is 4.88. The van der Waals surface area contributed by atoms with Gasteiger partial charge in [-0.05, 0) is 18.8 Å². The summed E-state index contributed by atoms with van der Waals surface area (Å²) in [5.74, 6) is 1.46. The van der Waals surface area contributed by atoms with Crippen LogP contribution in [-0.4, -0.2) is 35.9 Å². The molecular formula is C12H19N3O. The number of rotatable bonds is 3. The lowest BCUT2D eigenvalue weighted by Gasteiger charge is -2.29. The summed E-state index contributed by atoms with van der Waals surface area (Å²) in [5, 5.41) is 3.32. The standard InChI is InChI=1S/C12H19N3O/c1-3-16-4-2-10(1)8-15-9-14-7-12(15)11-5-13-6-11/h7,9-11,13H,1-6,8H2. The van der Waals surface area contributed by atoms with Crippen LogP contribution in [0.5, 0.6) is 0 Å². The van der Waals surface area contributed by atoms with E-state index < -0.39 is 0 Å². The van der Waals surface area contributed by atoms with E-state index in [0.717, 1.165) is 38.8 Å². The van der Waals surface area contributed by atoms with Crippen molar-refractivity contribution in [3.8, 4) is 0 Å². The first-order chi connectivity index (χ1) is 7.93. The Balaban J connectivity index is 1.66. The summed E-state index contributed by atoms with van der Waals surface area (Å²) in [6, 6.07) is 0. The van der Waals surface area contributed by atoms with Gasteiger partial charge in [-0.3, -0.25) is 0 Å². The minimum absolute atomic E-state index is 0.683. The van der Waals surface area contributed by atoms with Gasteiger partial charge in [-0.15, -0.1) is 0 Å². The number of nitrogens with zero attached hydrogens (tertiary/aromatic N) is 2. The molecule has 0 atom stereocenters. The molecule has 3 rings (SSSR count). The topological polar surface area (TPSA) is 39.1 Å². The molecule has 2 aliphatic rings. The fourth-order valence-electron chi connectivity index (χ4n) is 2.53. The molecule has 1 aromatic rings. The second-order valence-corrected chi connectivity index (χ2v) is 4.88. The summed E-state index contributed by atoms with van der Waals surface area (Å²) in [4.78, 5) is 4.29. The Morgan fingerprint density at radius 3 is 2.88 bits per heavy atom. The maximum atomic E-state index is 5.39. The van der Waals surface area contributed by atoms with Crippen molar-refractivity contribution in [1.29, 1.82) is 0 Å². The van der Waals surface area contributed by atoms with Gasteiger partial charge in [0, 0.05) is 50.7 Å². The summed E-state index contributed by atoms with van der Waals surface area (Å²) in [7, 11) is 0. The van der Waals surface area contributed by atoms with E-state index in [2.05, 4.69) is 14.9 Å². The van der Waals surface area contributed by atoms with Gasteiger partial charge >= 0.3 is 0 Å². The third-order valence-electron chi connectivity index (χ3n) is 3.74. The van der Waals surface area contributed by atoms with Crippen LogP contribution >= 0.6 is 0 Å². The van der Waals surface area contributed by atoms with E-state index in [1.54, 1.807) is 0 Å². The molecule has 16 heavy (non-hydrogen) atoms. The third-order valence-corrected chi connectivity index (χ3v) is 3.74. The van der Waals surface area contributed by atoms with E-state index in [1.807, 2.05) is 12.5 Å². The SMILES string of the molecule is c1ncn(CC2CCOCC2)c1C1CNC1. The molecule has 0 bridgehead atoms. The molecule has 0 unspecified atom stereocenters. The van der Waals surface area contributed by atoms with E-state index in [9.17, 15) is 0 Å². The van der Waals surface area contributed by atoms with Gasteiger partial charge in [0.1, 0.15) is 0 Å². The van der Waals surface area contributed by atoms with E-state index in [1.165, 1.54) is 18.5 Å². The highest BCUT2D eigenvalue weighted by Crippen LogP contribution is 2.23. The van der Waals surface area contributed by atoms with Gasteiger partial charge in [0.05, 0.1) is 6.33 Å². The van der Waals surface area contributed by atoms with Crippen LogP contribution in [0.2, 0.25) is 0 Å². The van der Waals surface area contributed by atoms with Gasteiger partial charge in [0.2, 0.25) is 0 Å². The predicted octanol–water partition coefficient (Wildman–Crippen LogP) is 0.996. The summed E-state index contributed by atoms with van der Waals surface area (Å²) in [5.41, 5.74) is 1.41. The van der Waals surface area contributed by atoms with Crippen LogP contribution in [0.15, 0.2) is 12.5 Å². The van der Waals surface area contributed by atoms with E-state index in [-0.39, 0.29) is 0 Å². The molecule has 2 fully saturated rings. The predicted molar refractivity (Wildman–Crippen MR) is 61.4 cm³/mol. The minimum atomic E-state index is 0.683. The number of aromatic nitrogens is 2. The minimum Gasteiger partial charge on any atom is -0.381 e. The maximum absolute atomic E-state index is 5.39. The Morgan fingerprint density at radius 1 is 1.38 bits per heavy atom. The van der Waals surface area contributed by atoms with Crippen molar-refractivity contribution in [3.63, 3.8) is 0 Å². The van der Waals surface area contributed by atoms with Crippen molar-refractivity contribution in [2.45, 2.75) is 25.3 Å². The van der Waals surface area contributed by atoms with Gasteiger partial charge in [-0.25, -0.2) is 4.98 Å². The number of hydrogen-bond donors (Lipinski definition) is 1. The normalized spacial score (nSPS) is 23.2. The monoisotopic (exact) mass is 221 g/mol. The molecule has 88 valence electrons. The second kappa shape index (κ2) is 4.55. The first-order valence-corrected chi connectivity index (χ1v) is 6.22. The molecule has 0 aliphatic carbocycles. The zero-order chi connectivity index (χ0) is 10.8.